The van der Waals surface area contributed by atoms with Crippen LogP contribution in [-0.2, 0) is 0 Å². The maximum atomic E-state index is 1.50. The highest BCUT2D eigenvalue weighted by Crippen LogP contribution is 2.15. The average molecular weight is 94.2 g/mol. The van der Waals surface area contributed by atoms with Crippen LogP contribution in [0, 0.1) is 0 Å². The second-order valence-electron chi connectivity index (χ2n) is 1.77. The van der Waals surface area contributed by atoms with Gasteiger partial charge in [-0.3, -0.25) is 4.70 Å². The van der Waals surface area contributed by atoms with E-state index in [2.05, 4.69) is 0 Å². The lowest BCUT2D eigenvalue weighted by Crippen LogP contribution is -1.47. The van der Waals surface area contributed by atoms with Crippen LogP contribution in [0.4, 0.5) is 4.70 Å². The van der Waals surface area contributed by atoms with Crippen LogP contribution < -0.4 is 0 Å². The molecule has 1 saturated carbocycles. The molecule has 0 aromatic rings. The number of hydrogen-bond donors (Lipinski definition) is 0. The first-order valence-electron chi connectivity index (χ1n) is 2.50. The highest BCUT2D eigenvalue weighted by molar-refractivity contribution is 4.51. The van der Waals surface area contributed by atoms with Gasteiger partial charge in [-0.25, -0.2) is 0 Å². The van der Waals surface area contributed by atoms with Gasteiger partial charge in [-0.2, -0.15) is 0 Å². The van der Waals surface area contributed by atoms with Gasteiger partial charge < -0.3 is 0 Å². The molecule has 0 aromatic heterocycles. The molecule has 1 aliphatic carbocycles. The molecular weight excluding hydrogens is 79.1 g/mol. The van der Waals surface area contributed by atoms with Gasteiger partial charge in [0.15, 0.2) is 0 Å². The van der Waals surface area contributed by atoms with Crippen molar-refractivity contribution in [3.05, 3.63) is 0 Å². The summed E-state index contributed by atoms with van der Waals surface area (Å²) in [6, 6.07) is 0. The minimum Gasteiger partial charge on any atom is -0.269 e. The topological polar surface area (TPSA) is 0 Å². The lowest BCUT2D eigenvalue weighted by atomic mass is 10.4. The largest absolute Gasteiger partial charge is 0.269 e. The molecule has 1 heteroatoms. The van der Waals surface area contributed by atoms with E-state index in [-0.39, 0.29) is 7.56 Å². The summed E-state index contributed by atoms with van der Waals surface area (Å²) in [7, 11) is 0. The zero-order valence-corrected chi connectivity index (χ0v) is 3.94. The first kappa shape index (κ1) is 5.93. The van der Waals surface area contributed by atoms with E-state index in [1.165, 1.54) is 32.1 Å². The highest BCUT2D eigenvalue weighted by Gasteiger charge is 1.95. The van der Waals surface area contributed by atoms with E-state index in [4.69, 9.17) is 0 Å². The van der Waals surface area contributed by atoms with Crippen molar-refractivity contribution in [1.82, 2.24) is 0 Å². The van der Waals surface area contributed by atoms with Crippen molar-refractivity contribution in [2.45, 2.75) is 32.1 Å². The molecule has 0 aromatic carbocycles. The van der Waals surface area contributed by atoms with Gasteiger partial charge in [-0.05, 0) is 0 Å². The Morgan fingerprint density at radius 1 is 0.667 bits per heavy atom. The van der Waals surface area contributed by atoms with Crippen LogP contribution >= 0.6 is 0 Å². The lowest BCUT2D eigenvalue weighted by Gasteiger charge is -1.67. The molecule has 0 radical (unpaired) electrons. The van der Waals surface area contributed by atoms with E-state index < -0.39 is 0 Å². The van der Waals surface area contributed by atoms with Crippen molar-refractivity contribution in [3.63, 3.8) is 0 Å². The fourth-order valence-corrected chi connectivity index (χ4v) is 0.884. The first-order chi connectivity index (χ1) is 2.50. The molecule has 6 heavy (non-hydrogen) atoms. The molecule has 0 heterocycles. The number of hydrogen-bond acceptors (Lipinski definition) is 0. The van der Waals surface area contributed by atoms with Gasteiger partial charge in [-0.1, -0.05) is 32.1 Å². The first-order valence-corrected chi connectivity index (χ1v) is 2.50. The maximum Gasteiger partial charge on any atom is 0 e. The van der Waals surface area contributed by atoms with Crippen molar-refractivity contribution < 1.29 is 7.56 Å². The Balaban J connectivity index is -0.0000000833. The molecule has 1 fully saturated rings. The monoisotopic (exact) mass is 94.1 g/mol. The molecule has 0 atom stereocenters. The second-order valence-corrected chi connectivity index (χ2v) is 1.77. The smallest absolute Gasteiger partial charge is 0 e. The average Bonchev–Trinajstić information content (AvgIpc) is 1.76. The molecule has 0 saturated heterocycles. The fourth-order valence-electron chi connectivity index (χ4n) is 0.884. The third-order valence-electron chi connectivity index (χ3n) is 1.25. The Morgan fingerprint density at radius 2 is 0.833 bits per heavy atom. The molecule has 0 spiro atoms. The zero-order chi connectivity index (χ0) is 3.54. The van der Waals surface area contributed by atoms with Crippen LogP contribution in [0.2, 0.25) is 0 Å². The van der Waals surface area contributed by atoms with E-state index in [0.717, 1.165) is 0 Å². The Labute approximate surface area is 40.9 Å². The molecule has 0 bridgehead atoms. The molecule has 0 unspecified atom stereocenters. The van der Waals surface area contributed by atoms with Crippen molar-refractivity contribution in [2.24, 2.45) is 0 Å². The van der Waals surface area contributed by atoms with E-state index in [1.54, 1.807) is 0 Å². The summed E-state index contributed by atoms with van der Waals surface area (Å²) in [5, 5.41) is 0. The van der Waals surface area contributed by atoms with Gasteiger partial charge in [0.05, 0.1) is 0 Å². The molecular formula is C5H15F. The molecule has 1 aliphatic rings. The SMILES string of the molecule is C1CCCC1.F.[HH].[HH]. The predicted molar refractivity (Wildman–Crippen MR) is 29.8 cm³/mol. The van der Waals surface area contributed by atoms with Gasteiger partial charge in [-0.15, -0.1) is 0 Å². The third kappa shape index (κ3) is 1.39. The quantitative estimate of drug-likeness (QED) is 0.433. The molecule has 1 rings (SSSR count). The van der Waals surface area contributed by atoms with Gasteiger partial charge in [0.25, 0.3) is 0 Å². The fraction of sp³-hybridized carbons (Fsp3) is 1.00. The third-order valence-corrected chi connectivity index (χ3v) is 1.25. The van der Waals surface area contributed by atoms with Crippen LogP contribution in [-0.4, -0.2) is 0 Å². The Hall–Kier alpha value is -0.0700. The van der Waals surface area contributed by atoms with E-state index in [0.29, 0.717) is 0 Å². The standard InChI is InChI=1S/C5H10.FH.2H2/c1-2-4-5-3-1;;;/h1-5H2;3*1H. The van der Waals surface area contributed by atoms with Gasteiger partial charge in [0.1, 0.15) is 0 Å². The lowest BCUT2D eigenvalue weighted by molar-refractivity contribution is 0.886. The van der Waals surface area contributed by atoms with Crippen molar-refractivity contribution >= 4 is 0 Å². The predicted octanol–water partition coefficient (Wildman–Crippen LogP) is 2.60. The summed E-state index contributed by atoms with van der Waals surface area (Å²) in [6.07, 6.45) is 7.50. The Bertz CT molecular complexity index is 22.0. The van der Waals surface area contributed by atoms with Crippen LogP contribution in [0.15, 0.2) is 0 Å². The maximum absolute atomic E-state index is 1.50. The minimum atomic E-state index is 0. The highest BCUT2D eigenvalue weighted by atomic mass is 19.0. The van der Waals surface area contributed by atoms with Crippen LogP contribution in [0.3, 0.4) is 0 Å². The molecule has 0 N–H and O–H groups in total. The van der Waals surface area contributed by atoms with Gasteiger partial charge in [0, 0.05) is 2.85 Å². The van der Waals surface area contributed by atoms with Crippen molar-refractivity contribution in [3.8, 4) is 0 Å². The summed E-state index contributed by atoms with van der Waals surface area (Å²) in [4.78, 5) is 0. The number of halogens is 1. The zero-order valence-electron chi connectivity index (χ0n) is 3.94. The van der Waals surface area contributed by atoms with Crippen molar-refractivity contribution in [1.29, 1.82) is 0 Å². The second kappa shape index (κ2) is 3.13. The Kier molecular flexibility index (Phi) is 3.10. The Morgan fingerprint density at radius 3 is 1.00 bits per heavy atom. The summed E-state index contributed by atoms with van der Waals surface area (Å²) in [5.74, 6) is 0. The van der Waals surface area contributed by atoms with Crippen molar-refractivity contribution in [2.75, 3.05) is 0 Å². The van der Waals surface area contributed by atoms with E-state index in [1.807, 2.05) is 0 Å². The summed E-state index contributed by atoms with van der Waals surface area (Å²) in [5.41, 5.74) is 0. The normalized spacial score (nSPS) is 20.0. The van der Waals surface area contributed by atoms with Crippen LogP contribution in [0.1, 0.15) is 35.0 Å². The molecule has 0 amide bonds. The van der Waals surface area contributed by atoms with E-state index >= 15 is 0 Å². The summed E-state index contributed by atoms with van der Waals surface area (Å²) in [6.45, 7) is 0. The van der Waals surface area contributed by atoms with E-state index in [9.17, 15) is 0 Å². The summed E-state index contributed by atoms with van der Waals surface area (Å²) < 4.78 is 0. The molecule has 0 nitrogen and oxygen atoms in total. The molecule has 0 aliphatic heterocycles. The molecule has 42 valence electrons. The van der Waals surface area contributed by atoms with Crippen LogP contribution in [0.5, 0.6) is 0 Å². The number of rotatable bonds is 0. The van der Waals surface area contributed by atoms with Gasteiger partial charge in [0.2, 0.25) is 0 Å². The summed E-state index contributed by atoms with van der Waals surface area (Å²) >= 11 is 0. The van der Waals surface area contributed by atoms with Crippen LogP contribution in [0.25, 0.3) is 0 Å². The minimum absolute atomic E-state index is 0. The van der Waals surface area contributed by atoms with Gasteiger partial charge >= 0.3 is 0 Å².